The molecule has 1 aliphatic carbocycles. The van der Waals surface area contributed by atoms with Crippen LogP contribution in [-0.4, -0.2) is 30.8 Å². The van der Waals surface area contributed by atoms with Crippen LogP contribution in [0.2, 0.25) is 0 Å². The van der Waals surface area contributed by atoms with Crippen LogP contribution in [0.5, 0.6) is 0 Å². The van der Waals surface area contributed by atoms with Crippen molar-refractivity contribution < 1.29 is 13.9 Å². The van der Waals surface area contributed by atoms with E-state index in [0.29, 0.717) is 18.4 Å². The number of methoxy groups -OCH3 is 1. The average molecular weight is 328 g/mol. The van der Waals surface area contributed by atoms with Gasteiger partial charge in [-0.2, -0.15) is 4.99 Å². The third kappa shape index (κ3) is 3.53. The van der Waals surface area contributed by atoms with Crippen LogP contribution >= 0.6 is 0 Å². The molecule has 2 aromatic rings. The second kappa shape index (κ2) is 7.65. The van der Waals surface area contributed by atoms with Gasteiger partial charge in [-0.25, -0.2) is 9.18 Å². The van der Waals surface area contributed by atoms with Gasteiger partial charge in [0.15, 0.2) is 0 Å². The molecule has 126 valence electrons. The van der Waals surface area contributed by atoms with Gasteiger partial charge in [0.25, 0.3) is 0 Å². The smallest absolute Gasteiger partial charge is 0.235 e. The van der Waals surface area contributed by atoms with Crippen LogP contribution < -0.4 is 0 Å². The van der Waals surface area contributed by atoms with E-state index in [1.54, 1.807) is 31.5 Å². The molecule has 0 aliphatic heterocycles. The van der Waals surface area contributed by atoms with E-state index in [-0.39, 0.29) is 11.9 Å². The highest BCUT2D eigenvalue weighted by atomic mass is 19.1. The summed E-state index contributed by atoms with van der Waals surface area (Å²) < 4.78 is 18.8. The molecule has 0 spiro atoms. The second-order valence-corrected chi connectivity index (χ2v) is 6.42. The van der Waals surface area contributed by atoms with E-state index in [0.717, 1.165) is 36.6 Å². The Morgan fingerprint density at radius 2 is 2.12 bits per heavy atom. The molecule has 3 rings (SSSR count). The standard InChI is InChI=1S/C19H21FN2O2/c1-24-11-19(22-12-23)14-4-2-13(3-5-14)16-8-9-21-18-7-6-15(20)10-17(16)18/h6-10,13-14,19H,2-5,11H2,1H3. The molecular weight excluding hydrogens is 307 g/mol. The summed E-state index contributed by atoms with van der Waals surface area (Å²) in [5, 5.41) is 0.903. The zero-order chi connectivity index (χ0) is 16.9. The first kappa shape index (κ1) is 16.7. The van der Waals surface area contributed by atoms with Crippen LogP contribution in [0.4, 0.5) is 4.39 Å². The summed E-state index contributed by atoms with van der Waals surface area (Å²) in [6.07, 6.45) is 7.41. The Morgan fingerprint density at radius 1 is 1.33 bits per heavy atom. The summed E-state index contributed by atoms with van der Waals surface area (Å²) in [6, 6.07) is 6.65. The number of aliphatic imine (C=N–C) groups is 1. The molecule has 1 heterocycles. The SMILES string of the molecule is COCC(N=C=O)C1CCC(c2ccnc3ccc(F)cc23)CC1. The maximum atomic E-state index is 13.6. The van der Waals surface area contributed by atoms with Crippen molar-refractivity contribution in [2.24, 2.45) is 10.9 Å². The Labute approximate surface area is 140 Å². The number of benzene rings is 1. The first-order valence-electron chi connectivity index (χ1n) is 8.33. The van der Waals surface area contributed by atoms with Crippen molar-refractivity contribution in [1.29, 1.82) is 0 Å². The number of carbonyl (C=O) groups excluding carboxylic acids is 1. The lowest BCUT2D eigenvalue weighted by atomic mass is 9.75. The molecule has 4 nitrogen and oxygen atoms in total. The maximum Gasteiger partial charge on any atom is 0.235 e. The normalized spacial score (nSPS) is 22.1. The summed E-state index contributed by atoms with van der Waals surface area (Å²) in [4.78, 5) is 18.8. The number of ether oxygens (including phenoxy) is 1. The number of isocyanates is 1. The Hall–Kier alpha value is -2.10. The molecular formula is C19H21FN2O2. The molecule has 0 bridgehead atoms. The van der Waals surface area contributed by atoms with Crippen molar-refractivity contribution >= 4 is 17.0 Å². The molecule has 0 N–H and O–H groups in total. The number of halogens is 1. The van der Waals surface area contributed by atoms with Crippen LogP contribution in [0.3, 0.4) is 0 Å². The quantitative estimate of drug-likeness (QED) is 0.616. The molecule has 1 saturated carbocycles. The highest BCUT2D eigenvalue weighted by Crippen LogP contribution is 2.39. The van der Waals surface area contributed by atoms with Crippen molar-refractivity contribution in [3.05, 3.63) is 41.8 Å². The van der Waals surface area contributed by atoms with Gasteiger partial charge in [0.1, 0.15) is 5.82 Å². The van der Waals surface area contributed by atoms with Gasteiger partial charge in [-0.3, -0.25) is 4.98 Å². The fourth-order valence-corrected chi connectivity index (χ4v) is 3.83. The summed E-state index contributed by atoms with van der Waals surface area (Å²) in [5.74, 6) is 0.496. The molecule has 1 fully saturated rings. The molecule has 0 saturated heterocycles. The third-order valence-corrected chi connectivity index (χ3v) is 5.05. The number of nitrogens with zero attached hydrogens (tertiary/aromatic N) is 2. The van der Waals surface area contributed by atoms with E-state index in [9.17, 15) is 9.18 Å². The van der Waals surface area contributed by atoms with Crippen molar-refractivity contribution in [2.45, 2.75) is 37.6 Å². The number of aromatic nitrogens is 1. The van der Waals surface area contributed by atoms with Gasteiger partial charge in [-0.15, -0.1) is 0 Å². The minimum absolute atomic E-state index is 0.111. The molecule has 0 radical (unpaired) electrons. The molecule has 24 heavy (non-hydrogen) atoms. The van der Waals surface area contributed by atoms with E-state index in [4.69, 9.17) is 4.74 Å². The summed E-state index contributed by atoms with van der Waals surface area (Å²) >= 11 is 0. The zero-order valence-electron chi connectivity index (χ0n) is 13.7. The first-order chi connectivity index (χ1) is 11.7. The Morgan fingerprint density at radius 3 is 2.83 bits per heavy atom. The molecule has 1 atom stereocenters. The minimum Gasteiger partial charge on any atom is -0.382 e. The number of hydrogen-bond donors (Lipinski definition) is 0. The largest absolute Gasteiger partial charge is 0.382 e. The lowest BCUT2D eigenvalue weighted by Gasteiger charge is -2.32. The van der Waals surface area contributed by atoms with Gasteiger partial charge in [-0.1, -0.05) is 0 Å². The summed E-state index contributed by atoms with van der Waals surface area (Å²) in [5.41, 5.74) is 2.00. The fourth-order valence-electron chi connectivity index (χ4n) is 3.83. The van der Waals surface area contributed by atoms with Crippen molar-refractivity contribution in [3.63, 3.8) is 0 Å². The highest BCUT2D eigenvalue weighted by molar-refractivity contribution is 5.82. The number of pyridine rings is 1. The predicted octanol–water partition coefficient (Wildman–Crippen LogP) is 4.00. The number of fused-ring (bicyclic) bond motifs is 1. The Balaban J connectivity index is 1.77. The molecule has 1 aromatic heterocycles. The van der Waals surface area contributed by atoms with Gasteiger partial charge in [-0.05, 0) is 67.3 Å². The zero-order valence-corrected chi connectivity index (χ0v) is 13.7. The number of hydrogen-bond acceptors (Lipinski definition) is 4. The van der Waals surface area contributed by atoms with Crippen LogP contribution in [-0.2, 0) is 9.53 Å². The Kier molecular flexibility index (Phi) is 5.34. The molecule has 0 amide bonds. The van der Waals surface area contributed by atoms with E-state index in [1.165, 1.54) is 11.6 Å². The lowest BCUT2D eigenvalue weighted by molar-refractivity contribution is 0.142. The molecule has 1 aliphatic rings. The molecule has 5 heteroatoms. The van der Waals surface area contributed by atoms with E-state index in [2.05, 4.69) is 9.98 Å². The fraction of sp³-hybridized carbons (Fsp3) is 0.474. The van der Waals surface area contributed by atoms with Gasteiger partial charge in [0, 0.05) is 18.7 Å². The van der Waals surface area contributed by atoms with E-state index < -0.39 is 0 Å². The van der Waals surface area contributed by atoms with Crippen LogP contribution in [0.15, 0.2) is 35.5 Å². The average Bonchev–Trinajstić information content (AvgIpc) is 2.61. The molecule has 1 unspecified atom stereocenters. The van der Waals surface area contributed by atoms with Crippen molar-refractivity contribution in [2.75, 3.05) is 13.7 Å². The number of rotatable bonds is 5. The van der Waals surface area contributed by atoms with Crippen LogP contribution in [0.1, 0.15) is 37.2 Å². The second-order valence-electron chi connectivity index (χ2n) is 6.42. The summed E-state index contributed by atoms with van der Waals surface area (Å²) in [6.45, 7) is 0.452. The predicted molar refractivity (Wildman–Crippen MR) is 90.2 cm³/mol. The minimum atomic E-state index is -0.231. The van der Waals surface area contributed by atoms with E-state index in [1.807, 2.05) is 6.07 Å². The van der Waals surface area contributed by atoms with Crippen molar-refractivity contribution in [1.82, 2.24) is 4.98 Å². The van der Waals surface area contributed by atoms with Gasteiger partial charge >= 0.3 is 0 Å². The van der Waals surface area contributed by atoms with Gasteiger partial charge in [0.05, 0.1) is 18.2 Å². The van der Waals surface area contributed by atoms with Gasteiger partial charge < -0.3 is 4.74 Å². The van der Waals surface area contributed by atoms with E-state index >= 15 is 0 Å². The maximum absolute atomic E-state index is 13.6. The van der Waals surface area contributed by atoms with Crippen LogP contribution in [0, 0.1) is 11.7 Å². The van der Waals surface area contributed by atoms with Crippen LogP contribution in [0.25, 0.3) is 10.9 Å². The third-order valence-electron chi connectivity index (χ3n) is 5.05. The Bertz CT molecular complexity index is 750. The lowest BCUT2D eigenvalue weighted by Crippen LogP contribution is -2.27. The first-order valence-corrected chi connectivity index (χ1v) is 8.33. The highest BCUT2D eigenvalue weighted by Gasteiger charge is 2.29. The monoisotopic (exact) mass is 328 g/mol. The van der Waals surface area contributed by atoms with Gasteiger partial charge in [0.2, 0.25) is 6.08 Å². The van der Waals surface area contributed by atoms with Crippen molar-refractivity contribution in [3.8, 4) is 0 Å². The molecule has 1 aromatic carbocycles. The summed E-state index contributed by atoms with van der Waals surface area (Å²) in [7, 11) is 1.62. The topological polar surface area (TPSA) is 51.5 Å².